The molecular formula is C18H17N3O3. The molecule has 0 atom stereocenters. The van der Waals surface area contributed by atoms with E-state index in [1.165, 1.54) is 6.26 Å². The topological polar surface area (TPSA) is 101 Å². The predicted octanol–water partition coefficient (Wildman–Crippen LogP) is 2.60. The molecular weight excluding hydrogens is 306 g/mol. The molecule has 1 amide bonds. The minimum atomic E-state index is -0.292. The van der Waals surface area contributed by atoms with Crippen molar-refractivity contribution in [1.82, 2.24) is 10.3 Å². The van der Waals surface area contributed by atoms with Gasteiger partial charge in [0.15, 0.2) is 5.69 Å². The van der Waals surface area contributed by atoms with Gasteiger partial charge in [0.1, 0.15) is 12.0 Å². The maximum Gasteiger partial charge on any atom is 0.273 e. The van der Waals surface area contributed by atoms with Crippen molar-refractivity contribution in [3.63, 3.8) is 0 Å². The zero-order chi connectivity index (χ0) is 16.9. The molecule has 0 unspecified atom stereocenters. The lowest BCUT2D eigenvalue weighted by Gasteiger charge is -2.03. The summed E-state index contributed by atoms with van der Waals surface area (Å²) in [6.07, 6.45) is 2.00. The molecule has 122 valence electrons. The van der Waals surface area contributed by atoms with Crippen LogP contribution in [-0.4, -0.2) is 22.5 Å². The van der Waals surface area contributed by atoms with E-state index in [9.17, 15) is 9.90 Å². The summed E-state index contributed by atoms with van der Waals surface area (Å²) in [5.41, 5.74) is 8.30. The molecule has 4 N–H and O–H groups in total. The Morgan fingerprint density at radius 1 is 1.12 bits per heavy atom. The van der Waals surface area contributed by atoms with Gasteiger partial charge in [-0.25, -0.2) is 4.98 Å². The number of phenolic OH excluding ortho intramolecular Hbond substituents is 1. The third kappa shape index (κ3) is 3.73. The fourth-order valence-electron chi connectivity index (χ4n) is 2.21. The molecule has 0 aliphatic heterocycles. The molecule has 0 saturated heterocycles. The maximum atomic E-state index is 12.1. The van der Waals surface area contributed by atoms with Crippen LogP contribution in [0.25, 0.3) is 11.5 Å². The van der Waals surface area contributed by atoms with Crippen molar-refractivity contribution in [2.75, 3.05) is 12.3 Å². The van der Waals surface area contributed by atoms with Gasteiger partial charge in [-0.3, -0.25) is 4.79 Å². The third-order valence-electron chi connectivity index (χ3n) is 3.53. The number of carbonyl (C=O) groups is 1. The number of aromatic nitrogens is 1. The molecule has 6 heteroatoms. The van der Waals surface area contributed by atoms with Crippen LogP contribution in [0.15, 0.2) is 59.2 Å². The van der Waals surface area contributed by atoms with Gasteiger partial charge in [-0.15, -0.1) is 0 Å². The summed E-state index contributed by atoms with van der Waals surface area (Å²) in [5.74, 6) is 0.304. The van der Waals surface area contributed by atoms with Gasteiger partial charge < -0.3 is 20.6 Å². The highest BCUT2D eigenvalue weighted by Crippen LogP contribution is 2.19. The molecule has 0 aliphatic rings. The Balaban J connectivity index is 1.57. The van der Waals surface area contributed by atoms with Crippen LogP contribution < -0.4 is 11.1 Å². The maximum absolute atomic E-state index is 12.1. The van der Waals surface area contributed by atoms with Gasteiger partial charge in [0.2, 0.25) is 5.89 Å². The lowest BCUT2D eigenvalue weighted by Crippen LogP contribution is -2.25. The van der Waals surface area contributed by atoms with Crippen LogP contribution in [0, 0.1) is 0 Å². The van der Waals surface area contributed by atoms with Crippen molar-refractivity contribution in [1.29, 1.82) is 0 Å². The summed E-state index contributed by atoms with van der Waals surface area (Å²) in [6.45, 7) is 0.466. The number of carbonyl (C=O) groups excluding carboxylic acids is 1. The van der Waals surface area contributed by atoms with Gasteiger partial charge in [-0.05, 0) is 48.4 Å². The molecule has 0 fully saturated rings. The van der Waals surface area contributed by atoms with Crippen molar-refractivity contribution in [2.24, 2.45) is 0 Å². The Morgan fingerprint density at radius 3 is 2.54 bits per heavy atom. The number of nitrogens with two attached hydrogens (primary N) is 1. The normalized spacial score (nSPS) is 10.5. The number of nitrogen functional groups attached to an aromatic ring is 1. The van der Waals surface area contributed by atoms with E-state index >= 15 is 0 Å². The van der Waals surface area contributed by atoms with Crippen LogP contribution in [0.3, 0.4) is 0 Å². The van der Waals surface area contributed by atoms with Gasteiger partial charge in [0.25, 0.3) is 5.91 Å². The number of nitrogens with one attached hydrogen (secondary N) is 1. The number of amides is 1. The molecule has 0 bridgehead atoms. The zero-order valence-electron chi connectivity index (χ0n) is 12.9. The number of aromatic hydroxyl groups is 1. The first kappa shape index (κ1) is 15.6. The smallest absolute Gasteiger partial charge is 0.273 e. The third-order valence-corrected chi connectivity index (χ3v) is 3.53. The molecule has 3 aromatic rings. The minimum Gasteiger partial charge on any atom is -0.508 e. The van der Waals surface area contributed by atoms with Gasteiger partial charge in [-0.2, -0.15) is 0 Å². The number of hydrogen-bond donors (Lipinski definition) is 3. The Bertz CT molecular complexity index is 823. The summed E-state index contributed by atoms with van der Waals surface area (Å²) < 4.78 is 5.35. The fourth-order valence-corrected chi connectivity index (χ4v) is 2.21. The quantitative estimate of drug-likeness (QED) is 0.627. The van der Waals surface area contributed by atoms with E-state index in [2.05, 4.69) is 10.3 Å². The van der Waals surface area contributed by atoms with E-state index in [0.717, 1.165) is 11.1 Å². The van der Waals surface area contributed by atoms with Crippen LogP contribution in [0.1, 0.15) is 16.1 Å². The summed E-state index contributed by atoms with van der Waals surface area (Å²) in [6, 6.07) is 13.9. The van der Waals surface area contributed by atoms with E-state index in [0.29, 0.717) is 24.5 Å². The summed E-state index contributed by atoms with van der Waals surface area (Å²) in [7, 11) is 0. The molecule has 0 radical (unpaired) electrons. The average Bonchev–Trinajstić information content (AvgIpc) is 3.07. The second-order valence-corrected chi connectivity index (χ2v) is 5.33. The lowest BCUT2D eigenvalue weighted by atomic mass is 10.1. The fraction of sp³-hybridized carbons (Fsp3) is 0.111. The number of hydrogen-bond acceptors (Lipinski definition) is 5. The molecule has 24 heavy (non-hydrogen) atoms. The first-order chi connectivity index (χ1) is 11.6. The van der Waals surface area contributed by atoms with Crippen LogP contribution in [-0.2, 0) is 6.42 Å². The minimum absolute atomic E-state index is 0.223. The van der Waals surface area contributed by atoms with Crippen molar-refractivity contribution < 1.29 is 14.3 Å². The summed E-state index contributed by atoms with van der Waals surface area (Å²) in [5, 5.41) is 12.0. The number of oxazole rings is 1. The molecule has 1 aromatic heterocycles. The summed E-state index contributed by atoms with van der Waals surface area (Å²) in [4.78, 5) is 16.3. The molecule has 6 nitrogen and oxygen atoms in total. The second kappa shape index (κ2) is 6.87. The van der Waals surface area contributed by atoms with Gasteiger partial charge in [0.05, 0.1) is 0 Å². The van der Waals surface area contributed by atoms with Crippen LogP contribution in [0.2, 0.25) is 0 Å². The van der Waals surface area contributed by atoms with E-state index in [1.807, 2.05) is 12.1 Å². The average molecular weight is 323 g/mol. The van der Waals surface area contributed by atoms with Gasteiger partial charge in [0, 0.05) is 17.8 Å². The van der Waals surface area contributed by atoms with E-state index in [1.54, 1.807) is 36.4 Å². The first-order valence-corrected chi connectivity index (χ1v) is 7.49. The highest BCUT2D eigenvalue weighted by molar-refractivity contribution is 5.92. The predicted molar refractivity (Wildman–Crippen MR) is 90.5 cm³/mol. The SMILES string of the molecule is Nc1ccc(-c2nc(C(=O)NCCc3ccc(O)cc3)co2)cc1. The highest BCUT2D eigenvalue weighted by Gasteiger charge is 2.13. The Hall–Kier alpha value is -3.28. The Kier molecular flexibility index (Phi) is 4.47. The van der Waals surface area contributed by atoms with Crippen molar-refractivity contribution >= 4 is 11.6 Å². The standard InChI is InChI=1S/C18H17N3O3/c19-14-5-3-13(4-6-14)18-21-16(11-24-18)17(23)20-10-9-12-1-7-15(22)8-2-12/h1-8,11,22H,9-10,19H2,(H,20,23). The van der Waals surface area contributed by atoms with Gasteiger partial charge in [-0.1, -0.05) is 12.1 Å². The highest BCUT2D eigenvalue weighted by atomic mass is 16.3. The molecule has 1 heterocycles. The monoisotopic (exact) mass is 323 g/mol. The number of nitrogens with zero attached hydrogens (tertiary/aromatic N) is 1. The Morgan fingerprint density at radius 2 is 1.83 bits per heavy atom. The van der Waals surface area contributed by atoms with E-state index < -0.39 is 0 Å². The van der Waals surface area contributed by atoms with Crippen LogP contribution >= 0.6 is 0 Å². The van der Waals surface area contributed by atoms with Crippen LogP contribution in [0.4, 0.5) is 5.69 Å². The number of anilines is 1. The van der Waals surface area contributed by atoms with E-state index in [4.69, 9.17) is 10.2 Å². The molecule has 3 rings (SSSR count). The summed E-state index contributed by atoms with van der Waals surface area (Å²) >= 11 is 0. The van der Waals surface area contributed by atoms with Crippen LogP contribution in [0.5, 0.6) is 5.75 Å². The van der Waals surface area contributed by atoms with Gasteiger partial charge >= 0.3 is 0 Å². The lowest BCUT2D eigenvalue weighted by molar-refractivity contribution is 0.0949. The van der Waals surface area contributed by atoms with Crippen molar-refractivity contribution in [3.05, 3.63) is 66.1 Å². The molecule has 2 aromatic carbocycles. The van der Waals surface area contributed by atoms with E-state index in [-0.39, 0.29) is 17.4 Å². The number of rotatable bonds is 5. The largest absolute Gasteiger partial charge is 0.508 e. The van der Waals surface area contributed by atoms with Crippen molar-refractivity contribution in [3.8, 4) is 17.2 Å². The number of benzene rings is 2. The van der Waals surface area contributed by atoms with Crippen molar-refractivity contribution in [2.45, 2.75) is 6.42 Å². The number of phenols is 1. The Labute approximate surface area is 138 Å². The molecule has 0 saturated carbocycles. The first-order valence-electron chi connectivity index (χ1n) is 7.49. The second-order valence-electron chi connectivity index (χ2n) is 5.33. The zero-order valence-corrected chi connectivity index (χ0v) is 12.9. The molecule has 0 aliphatic carbocycles. The molecule has 0 spiro atoms.